The molecule has 1 aliphatic heterocycles. The second-order valence-electron chi connectivity index (χ2n) is 11.1. The zero-order valence-corrected chi connectivity index (χ0v) is 26.5. The maximum absolute atomic E-state index is 3.53. The van der Waals surface area contributed by atoms with Crippen molar-refractivity contribution in [3.8, 4) is 11.1 Å². The summed E-state index contributed by atoms with van der Waals surface area (Å²) in [5.74, 6) is 0. The minimum atomic E-state index is 0. The average Bonchev–Trinajstić information content (AvgIpc) is 3.49. The molecule has 0 unspecified atom stereocenters. The van der Waals surface area contributed by atoms with E-state index in [9.17, 15) is 0 Å². The first-order valence-electron chi connectivity index (χ1n) is 12.0. The van der Waals surface area contributed by atoms with Gasteiger partial charge in [0.1, 0.15) is 0 Å². The topological polar surface area (TPSA) is 0 Å². The Hall–Kier alpha value is -0.530. The molecule has 5 rings (SSSR count). The standard InChI is InChI=1S/C21H25.C5H5.C4H8Si.2ClH.Zr/c1-20(2,3)16-9-7-14-11-15-8-10-17(21(4,5)6)13-19(15)18(14)12-16;2*1-2-4-5-3-1;;;/h7,9-10,12-13H,11H2,1-6H3;1-5H;1-4H2;2*1H;/q2*-1;;;;+2/p-2. The molecule has 1 aliphatic carbocycles. The minimum absolute atomic E-state index is 0. The maximum Gasteiger partial charge on any atom is -0.172 e. The van der Waals surface area contributed by atoms with E-state index < -0.39 is 0 Å². The first kappa shape index (κ1) is 31.5. The Balaban J connectivity index is 0.000000367. The zero-order valence-electron chi connectivity index (χ0n) is 21.6. The fraction of sp³-hybridized carbons (Fsp3) is 0.433. The molecule has 0 nitrogen and oxygen atoms in total. The van der Waals surface area contributed by atoms with E-state index in [1.165, 1.54) is 33.4 Å². The summed E-state index contributed by atoms with van der Waals surface area (Å²) in [6.45, 7) is 13.6. The van der Waals surface area contributed by atoms with Gasteiger partial charge in [0.25, 0.3) is 0 Å². The maximum atomic E-state index is 3.53. The fourth-order valence-corrected chi connectivity index (χ4v) is 8.32. The van der Waals surface area contributed by atoms with Crippen LogP contribution in [0.25, 0.3) is 11.1 Å². The first-order chi connectivity index (χ1) is 15.1. The van der Waals surface area contributed by atoms with Crippen molar-refractivity contribution in [2.75, 3.05) is 0 Å². The Bertz CT molecular complexity index is 954. The van der Waals surface area contributed by atoms with Crippen LogP contribution in [0, 0.1) is 6.07 Å². The van der Waals surface area contributed by atoms with Crippen molar-refractivity contribution < 1.29 is 48.1 Å². The molecule has 0 amide bonds. The summed E-state index contributed by atoms with van der Waals surface area (Å²) in [5.41, 5.74) is 9.09. The summed E-state index contributed by atoms with van der Waals surface area (Å²) in [6, 6.07) is 28.3. The number of hydrogen-bond acceptors (Lipinski definition) is 0. The molecule has 0 atom stereocenters. The molecule has 1 saturated heterocycles. The monoisotopic (exact) mass is 586 g/mol. The fourth-order valence-electron chi connectivity index (χ4n) is 4.11. The molecule has 0 saturated carbocycles. The van der Waals surface area contributed by atoms with Crippen molar-refractivity contribution in [3.63, 3.8) is 0 Å². The van der Waals surface area contributed by atoms with Gasteiger partial charge in [-0.2, -0.15) is 47.5 Å². The molecule has 0 aromatic heterocycles. The van der Waals surface area contributed by atoms with Gasteiger partial charge in [-0.15, -0.1) is 5.56 Å². The Morgan fingerprint density at radius 2 is 1.38 bits per heavy atom. The summed E-state index contributed by atoms with van der Waals surface area (Å²) >= 11 is 1.87. The van der Waals surface area contributed by atoms with E-state index in [0.717, 1.165) is 6.42 Å². The Kier molecular flexibility index (Phi) is 12.7. The van der Waals surface area contributed by atoms with Gasteiger partial charge in [0.2, 0.25) is 0 Å². The normalized spacial score (nSPS) is 13.8. The predicted octanol–water partition coefficient (Wildman–Crippen LogP) is 2.38. The summed E-state index contributed by atoms with van der Waals surface area (Å²) in [7, 11) is 0. The van der Waals surface area contributed by atoms with E-state index >= 15 is 0 Å². The van der Waals surface area contributed by atoms with E-state index in [-0.39, 0.29) is 35.6 Å². The van der Waals surface area contributed by atoms with Crippen LogP contribution in [0.5, 0.6) is 0 Å². The van der Waals surface area contributed by atoms with Crippen LogP contribution < -0.4 is 24.8 Å². The number of rotatable bonds is 0. The van der Waals surface area contributed by atoms with Crippen molar-refractivity contribution in [1.29, 1.82) is 0 Å². The van der Waals surface area contributed by atoms with Gasteiger partial charge < -0.3 is 24.8 Å². The minimum Gasteiger partial charge on any atom is -0.214 e. The molecule has 2 aliphatic rings. The Morgan fingerprint density at radius 3 is 1.82 bits per heavy atom. The van der Waals surface area contributed by atoms with Gasteiger partial charge in [0.05, 0.1) is 0 Å². The van der Waals surface area contributed by atoms with E-state index in [0.29, 0.717) is 5.43 Å². The van der Waals surface area contributed by atoms with Gasteiger partial charge in [0, 0.05) is 0 Å². The van der Waals surface area contributed by atoms with Crippen molar-refractivity contribution in [2.45, 2.75) is 83.7 Å². The van der Waals surface area contributed by atoms with Crippen LogP contribution in [0.2, 0.25) is 12.1 Å². The molecule has 0 bridgehead atoms. The van der Waals surface area contributed by atoms with Crippen LogP contribution in [0.3, 0.4) is 0 Å². The molecular formula is C30H38Cl2SiZr-2. The average molecular weight is 589 g/mol. The van der Waals surface area contributed by atoms with E-state index in [1.807, 2.05) is 53.7 Å². The zero-order chi connectivity index (χ0) is 23.4. The number of hydrogen-bond donors (Lipinski definition) is 0. The number of halogens is 2. The van der Waals surface area contributed by atoms with Gasteiger partial charge in [-0.25, -0.2) is 12.1 Å². The first-order valence-corrected chi connectivity index (χ1v) is 17.6. The van der Waals surface area contributed by atoms with Crippen molar-refractivity contribution in [1.82, 2.24) is 0 Å². The third-order valence-electron chi connectivity index (χ3n) is 6.29. The van der Waals surface area contributed by atoms with Crippen molar-refractivity contribution in [3.05, 3.63) is 89.0 Å². The van der Waals surface area contributed by atoms with Crippen LogP contribution in [0.1, 0.15) is 76.6 Å². The largest absolute Gasteiger partial charge is 0.214 e. The second kappa shape index (κ2) is 13.7. The van der Waals surface area contributed by atoms with Gasteiger partial charge >= 0.3 is 53.7 Å². The third-order valence-corrected chi connectivity index (χ3v) is 11.9. The van der Waals surface area contributed by atoms with Gasteiger partial charge in [-0.05, 0) is 17.4 Å². The molecular weight excluding hydrogens is 551 g/mol. The van der Waals surface area contributed by atoms with E-state index in [1.54, 1.807) is 24.9 Å². The molecule has 4 heteroatoms. The van der Waals surface area contributed by atoms with Crippen LogP contribution in [0.4, 0.5) is 0 Å². The number of fused-ring (bicyclic) bond motifs is 3. The molecule has 3 aromatic rings. The number of benzene rings is 2. The second-order valence-corrected chi connectivity index (χ2v) is 18.5. The van der Waals surface area contributed by atoms with Gasteiger partial charge in [0.15, 0.2) is 0 Å². The molecule has 34 heavy (non-hydrogen) atoms. The van der Waals surface area contributed by atoms with Gasteiger partial charge in [-0.3, -0.25) is 0 Å². The summed E-state index contributed by atoms with van der Waals surface area (Å²) in [4.78, 5) is 0. The molecule has 182 valence electrons. The van der Waals surface area contributed by atoms with Crippen LogP contribution in [-0.4, -0.2) is 5.43 Å². The van der Waals surface area contributed by atoms with E-state index in [2.05, 4.69) is 77.9 Å². The molecule has 1 heterocycles. The van der Waals surface area contributed by atoms with Crippen molar-refractivity contribution >= 4 is 5.43 Å². The quantitative estimate of drug-likeness (QED) is 0.219. The van der Waals surface area contributed by atoms with Crippen LogP contribution in [-0.2, 0) is 40.6 Å². The molecule has 0 N–H and O–H groups in total. The van der Waals surface area contributed by atoms with Gasteiger partial charge in [-0.1, -0.05) is 76.3 Å². The smallest absolute Gasteiger partial charge is 0.172 e. The molecule has 0 radical (unpaired) electrons. The summed E-state index contributed by atoms with van der Waals surface area (Å²) in [5, 5.41) is 0. The third kappa shape index (κ3) is 8.85. The summed E-state index contributed by atoms with van der Waals surface area (Å²) < 4.78 is 0. The SMILES string of the molecule is CC(C)(C)c1c[c-]c2c(c1)-c1cc(C(C)(C)C)ccc1C2.[Cl-].[Cl-].[Zr+2]=[Si]1CCCC1.c1cc[cH-]c1. The van der Waals surface area contributed by atoms with Crippen molar-refractivity contribution in [2.24, 2.45) is 0 Å². The molecule has 1 fully saturated rings. The Morgan fingerprint density at radius 1 is 0.824 bits per heavy atom. The Labute approximate surface area is 235 Å². The van der Waals surface area contributed by atoms with Crippen LogP contribution in [0.15, 0.2) is 60.7 Å². The van der Waals surface area contributed by atoms with E-state index in [4.69, 9.17) is 0 Å². The molecule has 0 spiro atoms. The van der Waals surface area contributed by atoms with Crippen LogP contribution >= 0.6 is 0 Å². The molecule has 3 aromatic carbocycles. The summed E-state index contributed by atoms with van der Waals surface area (Å²) in [6.07, 6.45) is 4.14. The predicted molar refractivity (Wildman–Crippen MR) is 138 cm³/mol.